The smallest absolute Gasteiger partial charge is 0.231 e. The number of rotatable bonds is 4. The van der Waals surface area contributed by atoms with E-state index < -0.39 is 10.0 Å². The second-order valence-corrected chi connectivity index (χ2v) is 8.79. The Kier molecular flexibility index (Phi) is 4.85. The number of fused-ring (bicyclic) bond motifs is 1. The van der Waals surface area contributed by atoms with E-state index in [0.717, 1.165) is 30.4 Å². The first-order valence-electron chi connectivity index (χ1n) is 8.64. The third-order valence-corrected chi connectivity index (χ3v) is 5.63. The predicted molar refractivity (Wildman–Crippen MR) is 92.0 cm³/mol. The highest BCUT2D eigenvalue weighted by atomic mass is 32.2. The molecule has 0 spiro atoms. The summed E-state index contributed by atoms with van der Waals surface area (Å²) in [6.45, 7) is 1.11. The van der Waals surface area contributed by atoms with Crippen molar-refractivity contribution in [3.8, 4) is 0 Å². The van der Waals surface area contributed by atoms with Gasteiger partial charge in [0.25, 0.3) is 0 Å². The summed E-state index contributed by atoms with van der Waals surface area (Å²) in [4.78, 5) is 14.5. The van der Waals surface area contributed by atoms with Gasteiger partial charge in [-0.05, 0) is 18.8 Å². The molecule has 1 saturated carbocycles. The van der Waals surface area contributed by atoms with Gasteiger partial charge >= 0.3 is 0 Å². The number of sulfonamides is 1. The molecule has 0 saturated heterocycles. The number of nitrogens with zero attached hydrogens (tertiary/aromatic N) is 3. The second-order valence-electron chi connectivity index (χ2n) is 7.05. The zero-order chi connectivity index (χ0) is 17.3. The summed E-state index contributed by atoms with van der Waals surface area (Å²) >= 11 is 0. The minimum Gasteiger partial charge on any atom is -0.338 e. The molecule has 1 amide bonds. The van der Waals surface area contributed by atoms with E-state index in [1.807, 2.05) is 11.9 Å². The summed E-state index contributed by atoms with van der Waals surface area (Å²) in [7, 11) is -1.58. The van der Waals surface area contributed by atoms with Gasteiger partial charge in [-0.3, -0.25) is 14.2 Å². The number of hydrogen-bond donors (Lipinski definition) is 1. The molecule has 2 heterocycles. The first kappa shape index (κ1) is 17.3. The van der Waals surface area contributed by atoms with Crippen molar-refractivity contribution in [1.82, 2.24) is 14.7 Å². The summed E-state index contributed by atoms with van der Waals surface area (Å²) in [6.07, 6.45) is 8.49. The molecule has 1 aromatic rings. The van der Waals surface area contributed by atoms with E-state index in [0.29, 0.717) is 37.7 Å². The van der Waals surface area contributed by atoms with Crippen molar-refractivity contribution in [2.75, 3.05) is 17.5 Å². The first-order valence-corrected chi connectivity index (χ1v) is 10.5. The summed E-state index contributed by atoms with van der Waals surface area (Å²) in [5, 5.41) is 4.28. The Balaban J connectivity index is 1.72. The van der Waals surface area contributed by atoms with Gasteiger partial charge < -0.3 is 4.90 Å². The number of aromatic nitrogens is 2. The van der Waals surface area contributed by atoms with Crippen LogP contribution in [0.4, 0.5) is 5.82 Å². The number of hydrogen-bond acceptors (Lipinski definition) is 4. The Labute approximate surface area is 143 Å². The van der Waals surface area contributed by atoms with Gasteiger partial charge in [-0.25, -0.2) is 8.42 Å². The lowest BCUT2D eigenvalue weighted by Crippen LogP contribution is -2.37. The number of anilines is 1. The number of aryl methyl sites for hydroxylation is 1. The molecule has 0 atom stereocenters. The highest BCUT2D eigenvalue weighted by Crippen LogP contribution is 2.30. The molecule has 3 rings (SSSR count). The maximum Gasteiger partial charge on any atom is 0.231 e. The van der Waals surface area contributed by atoms with Crippen LogP contribution in [0.2, 0.25) is 0 Å². The third-order valence-electron chi connectivity index (χ3n) is 5.07. The second kappa shape index (κ2) is 6.74. The van der Waals surface area contributed by atoms with Crippen LogP contribution in [0.5, 0.6) is 0 Å². The van der Waals surface area contributed by atoms with Crippen molar-refractivity contribution >= 4 is 21.7 Å². The van der Waals surface area contributed by atoms with Crippen LogP contribution < -0.4 is 4.72 Å². The Morgan fingerprint density at radius 3 is 2.67 bits per heavy atom. The topological polar surface area (TPSA) is 84.3 Å². The van der Waals surface area contributed by atoms with Gasteiger partial charge in [0.2, 0.25) is 15.9 Å². The normalized spacial score (nSPS) is 19.2. The lowest BCUT2D eigenvalue weighted by molar-refractivity contribution is -0.133. The van der Waals surface area contributed by atoms with Crippen molar-refractivity contribution in [3.05, 3.63) is 11.3 Å². The van der Waals surface area contributed by atoms with Gasteiger partial charge in [0, 0.05) is 37.7 Å². The Morgan fingerprint density at radius 2 is 2.00 bits per heavy atom. The van der Waals surface area contributed by atoms with E-state index in [9.17, 15) is 13.2 Å². The molecular formula is C16H26N4O3S. The van der Waals surface area contributed by atoms with E-state index in [4.69, 9.17) is 0 Å². The van der Waals surface area contributed by atoms with Crippen molar-refractivity contribution in [2.45, 2.75) is 51.5 Å². The Morgan fingerprint density at radius 1 is 1.29 bits per heavy atom. The van der Waals surface area contributed by atoms with Crippen LogP contribution in [0.15, 0.2) is 0 Å². The van der Waals surface area contributed by atoms with Crippen LogP contribution in [-0.2, 0) is 34.8 Å². The van der Waals surface area contributed by atoms with E-state index in [-0.39, 0.29) is 5.91 Å². The minimum atomic E-state index is -3.39. The molecule has 1 fully saturated rings. The van der Waals surface area contributed by atoms with E-state index in [1.165, 1.54) is 19.3 Å². The molecule has 1 aromatic heterocycles. The third kappa shape index (κ3) is 3.91. The molecule has 0 radical (unpaired) electrons. The molecule has 134 valence electrons. The lowest BCUT2D eigenvalue weighted by Gasteiger charge is -2.30. The maximum absolute atomic E-state index is 12.6. The molecule has 0 aromatic carbocycles. The fourth-order valence-electron chi connectivity index (χ4n) is 3.83. The molecule has 1 aliphatic carbocycles. The lowest BCUT2D eigenvalue weighted by atomic mass is 9.86. The zero-order valence-corrected chi connectivity index (χ0v) is 15.2. The van der Waals surface area contributed by atoms with Gasteiger partial charge in [0.05, 0.1) is 12.8 Å². The van der Waals surface area contributed by atoms with Crippen molar-refractivity contribution in [2.24, 2.45) is 13.0 Å². The van der Waals surface area contributed by atoms with Crippen molar-refractivity contribution in [3.63, 3.8) is 0 Å². The summed E-state index contributed by atoms with van der Waals surface area (Å²) in [5.74, 6) is 1.04. The van der Waals surface area contributed by atoms with Gasteiger partial charge in [-0.2, -0.15) is 5.10 Å². The summed E-state index contributed by atoms with van der Waals surface area (Å²) < 4.78 is 27.3. The van der Waals surface area contributed by atoms with Gasteiger partial charge in [-0.15, -0.1) is 0 Å². The van der Waals surface area contributed by atoms with Crippen LogP contribution in [0.25, 0.3) is 0 Å². The largest absolute Gasteiger partial charge is 0.338 e. The van der Waals surface area contributed by atoms with E-state index in [1.54, 1.807) is 4.68 Å². The van der Waals surface area contributed by atoms with Gasteiger partial charge in [0.15, 0.2) is 5.82 Å². The van der Waals surface area contributed by atoms with Crippen LogP contribution in [0.1, 0.15) is 49.8 Å². The van der Waals surface area contributed by atoms with E-state index in [2.05, 4.69) is 9.82 Å². The van der Waals surface area contributed by atoms with Gasteiger partial charge in [-0.1, -0.05) is 19.3 Å². The molecule has 7 nitrogen and oxygen atoms in total. The van der Waals surface area contributed by atoms with Crippen LogP contribution in [-0.4, -0.2) is 41.8 Å². The van der Waals surface area contributed by atoms with Crippen molar-refractivity contribution < 1.29 is 13.2 Å². The van der Waals surface area contributed by atoms with Crippen LogP contribution >= 0.6 is 0 Å². The highest BCUT2D eigenvalue weighted by molar-refractivity contribution is 7.92. The number of carbonyl (C=O) groups excluding carboxylic acids is 1. The fraction of sp³-hybridized carbons (Fsp3) is 0.750. The van der Waals surface area contributed by atoms with Gasteiger partial charge in [0.1, 0.15) is 0 Å². The van der Waals surface area contributed by atoms with Crippen molar-refractivity contribution in [1.29, 1.82) is 0 Å². The average molecular weight is 354 g/mol. The molecule has 0 bridgehead atoms. The Bertz CT molecular complexity index is 720. The SMILES string of the molecule is Cn1nc(NS(C)(=O)=O)c2c1CCN(C(=O)CC1CCCCC1)C2. The Hall–Kier alpha value is -1.57. The van der Waals surface area contributed by atoms with E-state index >= 15 is 0 Å². The molecular weight excluding hydrogens is 328 g/mol. The molecule has 2 aliphatic rings. The maximum atomic E-state index is 12.6. The highest BCUT2D eigenvalue weighted by Gasteiger charge is 2.29. The number of carbonyl (C=O) groups is 1. The van der Waals surface area contributed by atoms with Crippen LogP contribution in [0.3, 0.4) is 0 Å². The summed E-state index contributed by atoms with van der Waals surface area (Å²) in [6, 6.07) is 0. The summed E-state index contributed by atoms with van der Waals surface area (Å²) in [5.41, 5.74) is 1.83. The zero-order valence-electron chi connectivity index (χ0n) is 14.4. The predicted octanol–water partition coefficient (Wildman–Crippen LogP) is 1.65. The molecule has 1 N–H and O–H groups in total. The standard InChI is InChI=1S/C16H26N4O3S/c1-19-14-8-9-20(15(21)10-12-6-4-3-5-7-12)11-13(14)16(17-19)18-24(2,22)23/h12H,3-11H2,1-2H3,(H,17,18). The first-order chi connectivity index (χ1) is 11.3. The molecule has 8 heteroatoms. The monoisotopic (exact) mass is 354 g/mol. The van der Waals surface area contributed by atoms with Crippen LogP contribution in [0, 0.1) is 5.92 Å². The molecule has 24 heavy (non-hydrogen) atoms. The number of amides is 1. The molecule has 1 aliphatic heterocycles. The molecule has 0 unspecified atom stereocenters. The average Bonchev–Trinajstić information content (AvgIpc) is 2.82. The number of nitrogens with one attached hydrogen (secondary N) is 1. The quantitative estimate of drug-likeness (QED) is 0.891. The fourth-order valence-corrected chi connectivity index (χ4v) is 4.35. The minimum absolute atomic E-state index is 0.182.